The van der Waals surface area contributed by atoms with Crippen LogP contribution in [0.25, 0.3) is 0 Å². The maximum absolute atomic E-state index is 11.7. The van der Waals surface area contributed by atoms with Crippen LogP contribution in [0.3, 0.4) is 0 Å². The van der Waals surface area contributed by atoms with Gasteiger partial charge in [0.1, 0.15) is 6.29 Å². The van der Waals surface area contributed by atoms with E-state index in [4.69, 9.17) is 0 Å². The van der Waals surface area contributed by atoms with Crippen LogP contribution in [0.2, 0.25) is 0 Å². The van der Waals surface area contributed by atoms with Crippen molar-refractivity contribution in [3.8, 4) is 0 Å². The molecule has 27 heavy (non-hydrogen) atoms. The normalized spacial score (nSPS) is 14.6. The molecule has 0 radical (unpaired) electrons. The van der Waals surface area contributed by atoms with E-state index < -0.39 is 5.54 Å². The number of carbonyl (C=O) groups excluding carboxylic acids is 1. The number of rotatable bonds is 9. The molecule has 1 aromatic carbocycles. The molecule has 0 saturated carbocycles. The third kappa shape index (κ3) is 5.77. The Balaban J connectivity index is 0.00000326. The van der Waals surface area contributed by atoms with Gasteiger partial charge < -0.3 is 5.32 Å². The molecule has 0 amide bonds. The van der Waals surface area contributed by atoms with Crippen LogP contribution in [-0.2, 0) is 5.54 Å². The van der Waals surface area contributed by atoms with Crippen LogP contribution in [-0.4, -0.2) is 13.3 Å². The van der Waals surface area contributed by atoms with Crippen LogP contribution >= 0.6 is 0 Å². The molecule has 1 N–H and O–H groups in total. The predicted molar refractivity (Wildman–Crippen MR) is 120 cm³/mol. The molecule has 0 fully saturated rings. The van der Waals surface area contributed by atoms with Gasteiger partial charge in [-0.15, -0.1) is 0 Å². The Labute approximate surface area is 166 Å². The highest BCUT2D eigenvalue weighted by molar-refractivity contribution is 5.79. The fraction of sp³-hybridized carbons (Fsp3) is 0.320. The lowest BCUT2D eigenvalue weighted by Gasteiger charge is -2.38. The van der Waals surface area contributed by atoms with Gasteiger partial charge in [-0.25, -0.2) is 0 Å². The largest absolute Gasteiger partial charge is 0.303 e. The molecule has 146 valence electrons. The highest BCUT2D eigenvalue weighted by Gasteiger charge is 2.37. The Hall–Kier alpha value is -2.45. The zero-order chi connectivity index (χ0) is 20.7. The minimum absolute atomic E-state index is 0.617. The molecule has 0 aromatic heterocycles. The van der Waals surface area contributed by atoms with Crippen molar-refractivity contribution in [3.63, 3.8) is 0 Å². The lowest BCUT2D eigenvalue weighted by Crippen LogP contribution is -2.44. The van der Waals surface area contributed by atoms with Crippen molar-refractivity contribution < 1.29 is 4.79 Å². The molecule has 1 rings (SSSR count). The molecule has 0 aliphatic heterocycles. The third-order valence-electron chi connectivity index (χ3n) is 4.23. The van der Waals surface area contributed by atoms with E-state index >= 15 is 0 Å². The summed E-state index contributed by atoms with van der Waals surface area (Å²) in [5.41, 5.74) is 3.16. The number of benzene rings is 1. The Morgan fingerprint density at radius 2 is 1.81 bits per heavy atom. The Kier molecular flexibility index (Phi) is 12.5. The van der Waals surface area contributed by atoms with Gasteiger partial charge in [0.15, 0.2) is 0 Å². The summed E-state index contributed by atoms with van der Waals surface area (Å²) in [7, 11) is 1.93. The summed E-state index contributed by atoms with van der Waals surface area (Å²) in [4.78, 5) is 11.7. The van der Waals surface area contributed by atoms with E-state index in [0.717, 1.165) is 29.4 Å². The van der Waals surface area contributed by atoms with Crippen molar-refractivity contribution in [1.29, 1.82) is 0 Å². The minimum atomic E-state index is -0.617. The van der Waals surface area contributed by atoms with E-state index in [1.54, 1.807) is 6.08 Å². The fourth-order valence-corrected chi connectivity index (χ4v) is 3.20. The first-order chi connectivity index (χ1) is 13.2. The first-order valence-corrected chi connectivity index (χ1v) is 9.68. The number of aldehydes is 1. The van der Waals surface area contributed by atoms with Crippen LogP contribution in [0.15, 0.2) is 84.5 Å². The van der Waals surface area contributed by atoms with Crippen LogP contribution in [0.1, 0.15) is 57.0 Å². The molecule has 1 atom stereocenters. The van der Waals surface area contributed by atoms with Crippen molar-refractivity contribution in [2.24, 2.45) is 0 Å². The quantitative estimate of drug-likeness (QED) is 0.397. The highest BCUT2D eigenvalue weighted by atomic mass is 16.1. The summed E-state index contributed by atoms with van der Waals surface area (Å²) < 4.78 is 0. The molecule has 1 aromatic rings. The maximum atomic E-state index is 11.7. The molecule has 2 nitrogen and oxygen atoms in total. The van der Waals surface area contributed by atoms with Gasteiger partial charge in [-0.05, 0) is 44.0 Å². The lowest BCUT2D eigenvalue weighted by molar-refractivity contribution is 0.112. The molecule has 0 bridgehead atoms. The maximum Gasteiger partial charge on any atom is 0.150 e. The van der Waals surface area contributed by atoms with E-state index in [-0.39, 0.29) is 0 Å². The monoisotopic (exact) mass is 365 g/mol. The zero-order valence-electron chi connectivity index (χ0n) is 17.8. The molecule has 0 aliphatic carbocycles. The number of carbonyl (C=O) groups is 1. The van der Waals surface area contributed by atoms with Gasteiger partial charge in [-0.2, -0.15) is 0 Å². The molecule has 0 spiro atoms. The highest BCUT2D eigenvalue weighted by Crippen LogP contribution is 2.39. The van der Waals surface area contributed by atoms with Crippen molar-refractivity contribution in [1.82, 2.24) is 5.32 Å². The van der Waals surface area contributed by atoms with Gasteiger partial charge in [0.25, 0.3) is 0 Å². The van der Waals surface area contributed by atoms with E-state index in [2.05, 4.69) is 37.0 Å². The number of nitrogens with one attached hydrogen (secondary N) is 1. The van der Waals surface area contributed by atoms with Gasteiger partial charge in [0.05, 0.1) is 5.54 Å². The van der Waals surface area contributed by atoms with Crippen molar-refractivity contribution in [2.75, 3.05) is 7.05 Å². The fourth-order valence-electron chi connectivity index (χ4n) is 3.20. The number of hydrogen-bond donors (Lipinski definition) is 1. The van der Waals surface area contributed by atoms with Crippen LogP contribution in [0.5, 0.6) is 0 Å². The van der Waals surface area contributed by atoms with Gasteiger partial charge in [-0.1, -0.05) is 94.1 Å². The van der Waals surface area contributed by atoms with Gasteiger partial charge >= 0.3 is 0 Å². The molecule has 0 saturated heterocycles. The van der Waals surface area contributed by atoms with Gasteiger partial charge in [-0.3, -0.25) is 4.79 Å². The Bertz CT molecular complexity index is 707. The second-order valence-corrected chi connectivity index (χ2v) is 5.61. The van der Waals surface area contributed by atoms with Crippen LogP contribution in [0, 0.1) is 0 Å². The van der Waals surface area contributed by atoms with Crippen molar-refractivity contribution in [3.05, 3.63) is 95.6 Å². The summed E-state index contributed by atoms with van der Waals surface area (Å²) in [5.74, 6) is 0. The SMILES string of the molecule is C=C/C=C\C(=C/C)C(NC)(C(/C=C\C)=C/CC)c1ccccc1C=O.CC. The van der Waals surface area contributed by atoms with Crippen LogP contribution in [0.4, 0.5) is 0 Å². The van der Waals surface area contributed by atoms with Crippen molar-refractivity contribution >= 4 is 6.29 Å². The third-order valence-corrected chi connectivity index (χ3v) is 4.23. The molecule has 0 aliphatic rings. The van der Waals surface area contributed by atoms with Gasteiger partial charge in [0, 0.05) is 5.56 Å². The summed E-state index contributed by atoms with van der Waals surface area (Å²) in [5, 5.41) is 3.50. The summed E-state index contributed by atoms with van der Waals surface area (Å²) in [6.45, 7) is 13.9. The first-order valence-electron chi connectivity index (χ1n) is 9.68. The average Bonchev–Trinajstić information content (AvgIpc) is 2.73. The topological polar surface area (TPSA) is 29.1 Å². The lowest BCUT2D eigenvalue weighted by atomic mass is 9.73. The predicted octanol–water partition coefficient (Wildman–Crippen LogP) is 6.54. The molecule has 0 heterocycles. The zero-order valence-corrected chi connectivity index (χ0v) is 17.8. The smallest absolute Gasteiger partial charge is 0.150 e. The standard InChI is InChI=1S/C23H29NO.C2H6/c1-6-10-16-20(9-4)23(24-5,21(13-7-2)14-8-3)22-17-12-11-15-19(22)18-25;1-2/h6-7,9-18,24H,1,8H2,2-5H3;1-2H3/b13-7-,16-10-,20-9+,21-14+;. The van der Waals surface area contributed by atoms with E-state index in [1.165, 1.54) is 0 Å². The average molecular weight is 366 g/mol. The summed E-state index contributed by atoms with van der Waals surface area (Å²) in [6, 6.07) is 7.73. The molecule has 1 unspecified atom stereocenters. The van der Waals surface area contributed by atoms with E-state index in [1.807, 2.05) is 77.2 Å². The Morgan fingerprint density at radius 1 is 1.15 bits per heavy atom. The van der Waals surface area contributed by atoms with Crippen molar-refractivity contribution in [2.45, 2.75) is 46.6 Å². The van der Waals surface area contributed by atoms with Gasteiger partial charge in [0.2, 0.25) is 0 Å². The van der Waals surface area contributed by atoms with E-state index in [0.29, 0.717) is 5.56 Å². The first kappa shape index (κ1) is 24.6. The molecular formula is C25H35NO. The minimum Gasteiger partial charge on any atom is -0.303 e. The summed E-state index contributed by atoms with van der Waals surface area (Å²) in [6.07, 6.45) is 15.9. The Morgan fingerprint density at radius 3 is 2.30 bits per heavy atom. The summed E-state index contributed by atoms with van der Waals surface area (Å²) >= 11 is 0. The number of allylic oxidation sites excluding steroid dienone is 5. The number of likely N-dealkylation sites (N-methyl/N-ethyl adjacent to an activating group) is 1. The van der Waals surface area contributed by atoms with E-state index in [9.17, 15) is 4.79 Å². The molecule has 2 heteroatoms. The second kappa shape index (κ2) is 13.7. The second-order valence-electron chi connectivity index (χ2n) is 5.61. The molecular weight excluding hydrogens is 330 g/mol. The van der Waals surface area contributed by atoms with Crippen LogP contribution < -0.4 is 5.32 Å². The number of hydrogen-bond acceptors (Lipinski definition) is 2.